The highest BCUT2D eigenvalue weighted by Crippen LogP contribution is 2.15. The molecule has 1 aromatic heterocycles. The number of nitrogen functional groups attached to an aromatic ring is 1. The van der Waals surface area contributed by atoms with Crippen molar-refractivity contribution in [1.29, 1.82) is 0 Å². The first kappa shape index (κ1) is 12.8. The van der Waals surface area contributed by atoms with Crippen LogP contribution >= 0.6 is 0 Å². The summed E-state index contributed by atoms with van der Waals surface area (Å²) in [6.07, 6.45) is 2.29. The van der Waals surface area contributed by atoms with Gasteiger partial charge < -0.3 is 20.7 Å². The zero-order valence-electron chi connectivity index (χ0n) is 10.9. The van der Waals surface area contributed by atoms with Gasteiger partial charge in [-0.1, -0.05) is 0 Å². The van der Waals surface area contributed by atoms with E-state index in [0.29, 0.717) is 17.8 Å². The standard InChI is InChI=1S/C11H20N6O/c1-17(2)11-15-9(12)14-10(16-11)13-6-8-4-3-5-18-7-8/h8H,3-7H2,1-2H3,(H3,12,13,14,15,16). The van der Waals surface area contributed by atoms with Gasteiger partial charge in [0.25, 0.3) is 0 Å². The highest BCUT2D eigenvalue weighted by atomic mass is 16.5. The number of nitrogens with one attached hydrogen (secondary N) is 1. The third-order valence-electron chi connectivity index (χ3n) is 2.84. The first-order valence-electron chi connectivity index (χ1n) is 6.15. The minimum Gasteiger partial charge on any atom is -0.381 e. The fraction of sp³-hybridized carbons (Fsp3) is 0.727. The second-order valence-electron chi connectivity index (χ2n) is 4.68. The van der Waals surface area contributed by atoms with Crippen molar-refractivity contribution >= 4 is 17.8 Å². The maximum Gasteiger partial charge on any atom is 0.231 e. The molecule has 2 heterocycles. The molecule has 7 heteroatoms. The lowest BCUT2D eigenvalue weighted by Crippen LogP contribution is -2.25. The lowest BCUT2D eigenvalue weighted by Gasteiger charge is -2.22. The first-order chi connectivity index (χ1) is 8.65. The fourth-order valence-corrected chi connectivity index (χ4v) is 1.86. The van der Waals surface area contributed by atoms with Gasteiger partial charge in [0.1, 0.15) is 0 Å². The minimum atomic E-state index is 0.232. The average molecular weight is 252 g/mol. The molecule has 0 aromatic carbocycles. The molecule has 0 spiro atoms. The molecule has 18 heavy (non-hydrogen) atoms. The van der Waals surface area contributed by atoms with Crippen LogP contribution in [0.5, 0.6) is 0 Å². The van der Waals surface area contributed by atoms with Crippen molar-refractivity contribution in [1.82, 2.24) is 15.0 Å². The molecule has 1 saturated heterocycles. The molecule has 0 amide bonds. The van der Waals surface area contributed by atoms with E-state index in [0.717, 1.165) is 26.2 Å². The summed E-state index contributed by atoms with van der Waals surface area (Å²) in [7, 11) is 3.74. The Balaban J connectivity index is 1.95. The molecule has 0 bridgehead atoms. The van der Waals surface area contributed by atoms with Crippen LogP contribution in [0.2, 0.25) is 0 Å². The predicted octanol–water partition coefficient (Wildman–Crippen LogP) is 0.358. The van der Waals surface area contributed by atoms with Crippen LogP contribution in [0.15, 0.2) is 0 Å². The number of ether oxygens (including phenoxy) is 1. The molecule has 0 aliphatic carbocycles. The molecule has 0 radical (unpaired) electrons. The van der Waals surface area contributed by atoms with Crippen LogP contribution in [0.25, 0.3) is 0 Å². The Morgan fingerprint density at radius 2 is 2.22 bits per heavy atom. The maximum absolute atomic E-state index is 5.65. The quantitative estimate of drug-likeness (QED) is 0.799. The largest absolute Gasteiger partial charge is 0.381 e. The van der Waals surface area contributed by atoms with Crippen molar-refractivity contribution in [3.05, 3.63) is 0 Å². The molecule has 1 aliphatic heterocycles. The number of nitrogens with two attached hydrogens (primary N) is 1. The van der Waals surface area contributed by atoms with E-state index < -0.39 is 0 Å². The van der Waals surface area contributed by atoms with Gasteiger partial charge in [0.05, 0.1) is 6.61 Å². The maximum atomic E-state index is 5.65. The van der Waals surface area contributed by atoms with Crippen LogP contribution in [-0.2, 0) is 4.74 Å². The minimum absolute atomic E-state index is 0.232. The second kappa shape index (κ2) is 5.81. The molecule has 1 aromatic rings. The van der Waals surface area contributed by atoms with E-state index in [9.17, 15) is 0 Å². The Kier molecular flexibility index (Phi) is 4.14. The molecule has 2 rings (SSSR count). The van der Waals surface area contributed by atoms with Crippen LogP contribution < -0.4 is 16.0 Å². The van der Waals surface area contributed by atoms with Crippen LogP contribution in [0.3, 0.4) is 0 Å². The Labute approximate surface area is 107 Å². The number of hydrogen-bond donors (Lipinski definition) is 2. The summed E-state index contributed by atoms with van der Waals surface area (Å²) >= 11 is 0. The first-order valence-corrected chi connectivity index (χ1v) is 6.15. The van der Waals surface area contributed by atoms with E-state index in [2.05, 4.69) is 20.3 Å². The van der Waals surface area contributed by atoms with Gasteiger partial charge in [-0.3, -0.25) is 0 Å². The number of rotatable bonds is 4. The van der Waals surface area contributed by atoms with E-state index in [-0.39, 0.29) is 5.95 Å². The predicted molar refractivity (Wildman–Crippen MR) is 70.6 cm³/mol. The Hall–Kier alpha value is -1.63. The fourth-order valence-electron chi connectivity index (χ4n) is 1.86. The number of anilines is 3. The van der Waals surface area contributed by atoms with Crippen LogP contribution in [0.1, 0.15) is 12.8 Å². The van der Waals surface area contributed by atoms with Crippen molar-refractivity contribution in [2.24, 2.45) is 5.92 Å². The number of hydrogen-bond acceptors (Lipinski definition) is 7. The van der Waals surface area contributed by atoms with Gasteiger partial charge in [-0.15, -0.1) is 0 Å². The molecule has 1 fully saturated rings. The van der Waals surface area contributed by atoms with E-state index in [4.69, 9.17) is 10.5 Å². The lowest BCUT2D eigenvalue weighted by atomic mass is 10.0. The summed E-state index contributed by atoms with van der Waals surface area (Å²) in [6, 6.07) is 0. The van der Waals surface area contributed by atoms with Crippen molar-refractivity contribution in [2.75, 3.05) is 49.8 Å². The molecule has 3 N–H and O–H groups in total. The summed E-state index contributed by atoms with van der Waals surface area (Å²) in [5.41, 5.74) is 5.65. The topological polar surface area (TPSA) is 89.2 Å². The second-order valence-corrected chi connectivity index (χ2v) is 4.68. The molecular formula is C11H20N6O. The summed E-state index contributed by atoms with van der Waals surface area (Å²) in [4.78, 5) is 14.2. The van der Waals surface area contributed by atoms with Gasteiger partial charge in [-0.2, -0.15) is 15.0 Å². The smallest absolute Gasteiger partial charge is 0.231 e. The van der Waals surface area contributed by atoms with Gasteiger partial charge >= 0.3 is 0 Å². The van der Waals surface area contributed by atoms with Gasteiger partial charge in [-0.05, 0) is 18.8 Å². The van der Waals surface area contributed by atoms with Gasteiger partial charge in [-0.25, -0.2) is 0 Å². The van der Waals surface area contributed by atoms with E-state index in [1.807, 2.05) is 14.1 Å². The van der Waals surface area contributed by atoms with Gasteiger partial charge in [0.15, 0.2) is 0 Å². The lowest BCUT2D eigenvalue weighted by molar-refractivity contribution is 0.0594. The van der Waals surface area contributed by atoms with E-state index >= 15 is 0 Å². The summed E-state index contributed by atoms with van der Waals surface area (Å²) < 4.78 is 5.43. The van der Waals surface area contributed by atoms with E-state index in [1.54, 1.807) is 4.90 Å². The highest BCUT2D eigenvalue weighted by molar-refractivity contribution is 5.40. The molecule has 7 nitrogen and oxygen atoms in total. The molecule has 1 unspecified atom stereocenters. The number of aromatic nitrogens is 3. The molecule has 0 saturated carbocycles. The Bertz CT molecular complexity index is 391. The van der Waals surface area contributed by atoms with Crippen LogP contribution in [0, 0.1) is 5.92 Å². The Morgan fingerprint density at radius 1 is 1.39 bits per heavy atom. The zero-order chi connectivity index (χ0) is 13.0. The summed E-state index contributed by atoms with van der Waals surface area (Å²) in [5.74, 6) is 1.83. The van der Waals surface area contributed by atoms with Crippen LogP contribution in [-0.4, -0.2) is 48.8 Å². The monoisotopic (exact) mass is 252 g/mol. The zero-order valence-corrected chi connectivity index (χ0v) is 10.9. The molecule has 1 aliphatic rings. The normalized spacial score (nSPS) is 19.6. The molecular weight excluding hydrogens is 232 g/mol. The molecule has 100 valence electrons. The third-order valence-corrected chi connectivity index (χ3v) is 2.84. The Morgan fingerprint density at radius 3 is 2.89 bits per heavy atom. The van der Waals surface area contributed by atoms with Crippen molar-refractivity contribution < 1.29 is 4.74 Å². The average Bonchev–Trinajstić information content (AvgIpc) is 2.37. The van der Waals surface area contributed by atoms with E-state index in [1.165, 1.54) is 6.42 Å². The summed E-state index contributed by atoms with van der Waals surface area (Å²) in [6.45, 7) is 2.48. The SMILES string of the molecule is CN(C)c1nc(N)nc(NCC2CCCOC2)n1. The molecule has 1 atom stereocenters. The summed E-state index contributed by atoms with van der Waals surface area (Å²) in [5, 5.41) is 3.20. The van der Waals surface area contributed by atoms with Crippen molar-refractivity contribution in [3.8, 4) is 0 Å². The highest BCUT2D eigenvalue weighted by Gasteiger charge is 2.14. The van der Waals surface area contributed by atoms with Crippen molar-refractivity contribution in [3.63, 3.8) is 0 Å². The number of nitrogens with zero attached hydrogens (tertiary/aromatic N) is 4. The van der Waals surface area contributed by atoms with Gasteiger partial charge in [0.2, 0.25) is 17.8 Å². The van der Waals surface area contributed by atoms with Crippen molar-refractivity contribution in [2.45, 2.75) is 12.8 Å². The third kappa shape index (κ3) is 3.43. The van der Waals surface area contributed by atoms with Crippen LogP contribution in [0.4, 0.5) is 17.8 Å². The van der Waals surface area contributed by atoms with Gasteiger partial charge in [0, 0.05) is 27.2 Å².